The molecule has 0 unspecified atom stereocenters. The molecule has 0 spiro atoms. The molecule has 2 N–H and O–H groups in total. The molecule has 1 aliphatic heterocycles. The first kappa shape index (κ1) is 26.8. The highest BCUT2D eigenvalue weighted by Gasteiger charge is 2.27. The zero-order valence-electron chi connectivity index (χ0n) is 22.0. The monoisotopic (exact) mass is 553 g/mol. The van der Waals surface area contributed by atoms with Gasteiger partial charge in [0, 0.05) is 50.1 Å². The SMILES string of the molecule is [B]C([B])(Oc1cc(F)cc(Oc2ccc(-c3nn(C4CCOCC4)c4ncnc(N)c34)c(F)c2)c1)c1cncn1C. The predicted octanol–water partition coefficient (Wildman–Crippen LogP) is 3.76. The van der Waals surface area contributed by atoms with Crippen LogP contribution in [0.3, 0.4) is 0 Å². The second kappa shape index (κ2) is 10.5. The van der Waals surface area contributed by atoms with Crippen LogP contribution in [-0.2, 0) is 17.2 Å². The van der Waals surface area contributed by atoms with Crippen molar-refractivity contribution >= 4 is 32.5 Å². The lowest BCUT2D eigenvalue weighted by Crippen LogP contribution is -2.36. The van der Waals surface area contributed by atoms with Crippen LogP contribution in [0.2, 0.25) is 0 Å². The molecule has 1 aliphatic rings. The Labute approximate surface area is 236 Å². The van der Waals surface area contributed by atoms with Gasteiger partial charge in [0.05, 0.1) is 35.0 Å². The molecule has 4 heterocycles. The molecule has 41 heavy (non-hydrogen) atoms. The third-order valence-corrected chi connectivity index (χ3v) is 6.83. The number of nitrogen functional groups attached to an aromatic ring is 1. The fourth-order valence-corrected chi connectivity index (χ4v) is 4.89. The van der Waals surface area contributed by atoms with Crippen molar-refractivity contribution in [3.8, 4) is 28.5 Å². The first-order valence-electron chi connectivity index (χ1n) is 12.8. The van der Waals surface area contributed by atoms with Gasteiger partial charge in [0.25, 0.3) is 0 Å². The maximum absolute atomic E-state index is 15.6. The van der Waals surface area contributed by atoms with Crippen molar-refractivity contribution in [2.75, 3.05) is 18.9 Å². The summed E-state index contributed by atoms with van der Waals surface area (Å²) in [6, 6.07) is 7.87. The van der Waals surface area contributed by atoms with E-state index in [-0.39, 0.29) is 34.7 Å². The minimum atomic E-state index is -1.80. The van der Waals surface area contributed by atoms with Crippen molar-refractivity contribution < 1.29 is 23.0 Å². The number of anilines is 1. The summed E-state index contributed by atoms with van der Waals surface area (Å²) in [6.07, 6.45) is 5.79. The molecule has 3 aromatic heterocycles. The molecule has 14 heteroatoms. The number of rotatable bonds is 7. The number of benzene rings is 2. The molecular formula is C27H23B2F2N7O3. The maximum atomic E-state index is 15.6. The average molecular weight is 553 g/mol. The Kier molecular flexibility index (Phi) is 6.86. The summed E-state index contributed by atoms with van der Waals surface area (Å²) in [6.45, 7) is 1.19. The van der Waals surface area contributed by atoms with Crippen LogP contribution in [0, 0.1) is 11.6 Å². The van der Waals surface area contributed by atoms with Crippen LogP contribution in [-0.4, -0.2) is 58.2 Å². The van der Waals surface area contributed by atoms with E-state index in [9.17, 15) is 4.39 Å². The number of imidazole rings is 1. The quantitative estimate of drug-likeness (QED) is 0.303. The van der Waals surface area contributed by atoms with Gasteiger partial charge in [-0.25, -0.2) is 28.4 Å². The van der Waals surface area contributed by atoms with E-state index in [1.54, 1.807) is 16.3 Å². The van der Waals surface area contributed by atoms with Crippen LogP contribution >= 0.6 is 0 Å². The van der Waals surface area contributed by atoms with Gasteiger partial charge in [-0.05, 0) is 25.0 Å². The van der Waals surface area contributed by atoms with E-state index >= 15 is 4.39 Å². The zero-order valence-corrected chi connectivity index (χ0v) is 22.0. The van der Waals surface area contributed by atoms with Gasteiger partial charge in [0.1, 0.15) is 62.4 Å². The first-order chi connectivity index (χ1) is 19.7. The van der Waals surface area contributed by atoms with E-state index in [1.807, 2.05) is 0 Å². The summed E-state index contributed by atoms with van der Waals surface area (Å²) in [5.74, 6) is -0.952. The van der Waals surface area contributed by atoms with Gasteiger partial charge in [-0.3, -0.25) is 0 Å². The van der Waals surface area contributed by atoms with Crippen LogP contribution < -0.4 is 15.2 Å². The van der Waals surface area contributed by atoms with Gasteiger partial charge in [-0.15, -0.1) is 0 Å². The Morgan fingerprint density at radius 1 is 1.05 bits per heavy atom. The number of hydrogen-bond acceptors (Lipinski definition) is 8. The molecule has 0 amide bonds. The molecule has 5 aromatic rings. The van der Waals surface area contributed by atoms with Gasteiger partial charge < -0.3 is 24.5 Å². The minimum absolute atomic E-state index is 0.00360. The van der Waals surface area contributed by atoms with Gasteiger partial charge >= 0.3 is 0 Å². The number of nitrogens with two attached hydrogens (primary N) is 1. The fraction of sp³-hybridized carbons (Fsp3) is 0.259. The van der Waals surface area contributed by atoms with E-state index < -0.39 is 17.0 Å². The molecule has 1 saturated heterocycles. The third-order valence-electron chi connectivity index (χ3n) is 6.83. The number of halogens is 2. The lowest BCUT2D eigenvalue weighted by atomic mass is 9.63. The van der Waals surface area contributed by atoms with Crippen LogP contribution in [0.5, 0.6) is 17.2 Å². The second-order valence-electron chi connectivity index (χ2n) is 9.75. The number of fused-ring (bicyclic) bond motifs is 1. The Morgan fingerprint density at radius 2 is 1.83 bits per heavy atom. The standard InChI is InChI=1S/C27H23B2F2N7O3/c1-37-14-33-12-22(37)27(28,29)41-19-9-15(30)8-18(10-19)40-17-2-3-20(21(31)11-17)24-23-25(32)34-13-35-26(23)38(36-24)16-4-6-39-7-5-16/h2-3,8-14,16H,4-7H2,1H3,(H2,32,34,35). The van der Waals surface area contributed by atoms with E-state index in [0.29, 0.717) is 35.6 Å². The minimum Gasteiger partial charge on any atom is -0.501 e. The molecule has 0 atom stereocenters. The number of nitrogens with zero attached hydrogens (tertiary/aromatic N) is 6. The topological polar surface area (TPSA) is 115 Å². The van der Waals surface area contributed by atoms with Gasteiger partial charge in [-0.1, -0.05) is 0 Å². The smallest absolute Gasteiger partial charge is 0.164 e. The average Bonchev–Trinajstić information content (AvgIpc) is 3.54. The number of aromatic nitrogens is 6. The maximum Gasteiger partial charge on any atom is 0.164 e. The van der Waals surface area contributed by atoms with Crippen molar-refractivity contribution in [3.05, 3.63) is 72.6 Å². The summed E-state index contributed by atoms with van der Waals surface area (Å²) in [5, 5.41) is 3.36. The van der Waals surface area contributed by atoms with Crippen LogP contribution in [0.25, 0.3) is 22.3 Å². The Bertz CT molecular complexity index is 1740. The van der Waals surface area contributed by atoms with Crippen LogP contribution in [0.15, 0.2) is 55.2 Å². The van der Waals surface area contributed by atoms with Crippen molar-refractivity contribution in [1.29, 1.82) is 0 Å². The highest BCUT2D eigenvalue weighted by atomic mass is 19.1. The van der Waals surface area contributed by atoms with Crippen molar-refractivity contribution in [1.82, 2.24) is 29.3 Å². The number of aryl methyl sites for hydroxylation is 1. The van der Waals surface area contributed by atoms with Crippen molar-refractivity contribution in [2.24, 2.45) is 7.05 Å². The molecular weight excluding hydrogens is 530 g/mol. The first-order valence-corrected chi connectivity index (χ1v) is 12.8. The Hall–Kier alpha value is -4.45. The number of hydrogen-bond donors (Lipinski definition) is 1. The van der Waals surface area contributed by atoms with E-state index in [2.05, 4.69) is 15.0 Å². The molecule has 0 saturated carbocycles. The zero-order chi connectivity index (χ0) is 28.7. The van der Waals surface area contributed by atoms with E-state index in [1.165, 1.54) is 43.1 Å². The molecule has 204 valence electrons. The van der Waals surface area contributed by atoms with Crippen molar-refractivity contribution in [3.63, 3.8) is 0 Å². The summed E-state index contributed by atoms with van der Waals surface area (Å²) in [4.78, 5) is 12.4. The van der Waals surface area contributed by atoms with E-state index in [0.717, 1.165) is 25.0 Å². The summed E-state index contributed by atoms with van der Waals surface area (Å²) < 4.78 is 50.2. The molecule has 0 aliphatic carbocycles. The number of ether oxygens (including phenoxy) is 3. The second-order valence-corrected chi connectivity index (χ2v) is 9.75. The molecule has 10 nitrogen and oxygen atoms in total. The molecule has 2 aromatic carbocycles. The van der Waals surface area contributed by atoms with Crippen LogP contribution in [0.4, 0.5) is 14.6 Å². The Balaban J connectivity index is 1.29. The van der Waals surface area contributed by atoms with Gasteiger partial charge in [0.2, 0.25) is 0 Å². The van der Waals surface area contributed by atoms with Crippen molar-refractivity contribution in [2.45, 2.75) is 24.3 Å². The molecule has 4 radical (unpaired) electrons. The molecule has 1 fully saturated rings. The highest BCUT2D eigenvalue weighted by molar-refractivity contribution is 6.38. The normalized spacial score (nSPS) is 14.4. The highest BCUT2D eigenvalue weighted by Crippen LogP contribution is 2.37. The molecule has 6 rings (SSSR count). The summed E-state index contributed by atoms with van der Waals surface area (Å²) >= 11 is 0. The summed E-state index contributed by atoms with van der Waals surface area (Å²) in [7, 11) is 13.9. The summed E-state index contributed by atoms with van der Waals surface area (Å²) in [5.41, 5.74) is 7.56. The Morgan fingerprint density at radius 3 is 2.56 bits per heavy atom. The largest absolute Gasteiger partial charge is 0.501 e. The third kappa shape index (κ3) is 5.22. The lowest BCUT2D eigenvalue weighted by molar-refractivity contribution is 0.0674. The van der Waals surface area contributed by atoms with Gasteiger partial charge in [-0.2, -0.15) is 5.10 Å². The van der Waals surface area contributed by atoms with E-state index in [4.69, 9.17) is 40.7 Å². The predicted molar refractivity (Wildman–Crippen MR) is 148 cm³/mol. The molecule has 0 bridgehead atoms. The van der Waals surface area contributed by atoms with Gasteiger partial charge in [0.15, 0.2) is 5.65 Å². The fourth-order valence-electron chi connectivity index (χ4n) is 4.89. The lowest BCUT2D eigenvalue weighted by Gasteiger charge is -2.28. The van der Waals surface area contributed by atoms with Crippen LogP contribution in [0.1, 0.15) is 24.6 Å².